The molecule has 0 amide bonds. The van der Waals surface area contributed by atoms with E-state index in [1.165, 1.54) is 16.3 Å². The molecule has 2 N–H and O–H groups in total. The van der Waals surface area contributed by atoms with Crippen LogP contribution in [0.15, 0.2) is 91.0 Å². The average Bonchev–Trinajstić information content (AvgIpc) is 2.68. The Labute approximate surface area is 153 Å². The number of phenolic OH excluding ortho intramolecular Hbond substituents is 2. The second-order valence-corrected chi connectivity index (χ2v) is 6.62. The van der Waals surface area contributed by atoms with Gasteiger partial charge in [-0.1, -0.05) is 66.7 Å². The molecule has 0 saturated carbocycles. The molecule has 0 saturated heterocycles. The normalized spacial score (nSPS) is 12.2. The van der Waals surface area contributed by atoms with Crippen molar-refractivity contribution in [3.05, 3.63) is 108 Å². The maximum atomic E-state index is 9.64. The van der Waals surface area contributed by atoms with E-state index >= 15 is 0 Å². The Morgan fingerprint density at radius 1 is 0.577 bits per heavy atom. The van der Waals surface area contributed by atoms with Crippen LogP contribution >= 0.6 is 0 Å². The van der Waals surface area contributed by atoms with Gasteiger partial charge in [0.2, 0.25) is 0 Å². The first-order chi connectivity index (χ1) is 12.7. The molecule has 128 valence electrons. The van der Waals surface area contributed by atoms with E-state index in [0.29, 0.717) is 0 Å². The maximum Gasteiger partial charge on any atom is 0.115 e. The van der Waals surface area contributed by atoms with E-state index in [-0.39, 0.29) is 17.4 Å². The lowest BCUT2D eigenvalue weighted by Gasteiger charge is -2.19. The molecule has 0 bridgehead atoms. The summed E-state index contributed by atoms with van der Waals surface area (Å²) in [6.45, 7) is 0. The van der Waals surface area contributed by atoms with Gasteiger partial charge in [-0.2, -0.15) is 0 Å². The Hall–Kier alpha value is -3.26. The largest absolute Gasteiger partial charge is 0.508 e. The lowest BCUT2D eigenvalue weighted by Crippen LogP contribution is -2.05. The SMILES string of the molecule is Oc1ccc(CC(c2ccc(O)cc2)c2ccc3ccccc3c2)cc1. The second-order valence-electron chi connectivity index (χ2n) is 6.62. The molecule has 2 heteroatoms. The van der Waals surface area contributed by atoms with Gasteiger partial charge >= 0.3 is 0 Å². The molecule has 0 spiro atoms. The smallest absolute Gasteiger partial charge is 0.115 e. The highest BCUT2D eigenvalue weighted by Crippen LogP contribution is 2.32. The highest BCUT2D eigenvalue weighted by molar-refractivity contribution is 5.83. The van der Waals surface area contributed by atoms with Crippen LogP contribution in [0.5, 0.6) is 11.5 Å². The van der Waals surface area contributed by atoms with Crippen LogP contribution in [0.4, 0.5) is 0 Å². The van der Waals surface area contributed by atoms with Crippen molar-refractivity contribution >= 4 is 10.8 Å². The van der Waals surface area contributed by atoms with Crippen molar-refractivity contribution in [3.63, 3.8) is 0 Å². The minimum absolute atomic E-state index is 0.171. The van der Waals surface area contributed by atoms with Gasteiger partial charge < -0.3 is 10.2 Å². The molecule has 0 aliphatic rings. The molecule has 0 aromatic heterocycles. The molecule has 0 radical (unpaired) electrons. The first kappa shape index (κ1) is 16.2. The van der Waals surface area contributed by atoms with E-state index < -0.39 is 0 Å². The molecule has 1 unspecified atom stereocenters. The van der Waals surface area contributed by atoms with Gasteiger partial charge in [0.15, 0.2) is 0 Å². The molecule has 26 heavy (non-hydrogen) atoms. The molecule has 1 atom stereocenters. The van der Waals surface area contributed by atoms with Gasteiger partial charge in [-0.3, -0.25) is 0 Å². The summed E-state index contributed by atoms with van der Waals surface area (Å²) in [5.41, 5.74) is 3.56. The van der Waals surface area contributed by atoms with Crippen molar-refractivity contribution < 1.29 is 10.2 Å². The summed E-state index contributed by atoms with van der Waals surface area (Å²) < 4.78 is 0. The van der Waals surface area contributed by atoms with Crippen LogP contribution in [0.25, 0.3) is 10.8 Å². The van der Waals surface area contributed by atoms with Gasteiger partial charge in [0.1, 0.15) is 11.5 Å². The fraction of sp³-hybridized carbons (Fsp3) is 0.0833. The van der Waals surface area contributed by atoms with Crippen LogP contribution in [0, 0.1) is 0 Å². The zero-order valence-electron chi connectivity index (χ0n) is 14.3. The molecule has 4 aromatic rings. The Kier molecular flexibility index (Phi) is 4.32. The summed E-state index contributed by atoms with van der Waals surface area (Å²) in [5, 5.41) is 21.6. The van der Waals surface area contributed by atoms with Gasteiger partial charge in [-0.25, -0.2) is 0 Å². The van der Waals surface area contributed by atoms with Gasteiger partial charge in [-0.15, -0.1) is 0 Å². The zero-order valence-corrected chi connectivity index (χ0v) is 14.3. The van der Waals surface area contributed by atoms with Gasteiger partial charge in [-0.05, 0) is 58.1 Å². The van der Waals surface area contributed by atoms with Gasteiger partial charge in [0.05, 0.1) is 0 Å². The Morgan fingerprint density at radius 2 is 1.15 bits per heavy atom. The number of rotatable bonds is 4. The summed E-state index contributed by atoms with van der Waals surface area (Å²) in [5.74, 6) is 0.723. The van der Waals surface area contributed by atoms with E-state index in [4.69, 9.17) is 0 Å². The minimum Gasteiger partial charge on any atom is -0.508 e. The summed E-state index contributed by atoms with van der Waals surface area (Å²) in [6.07, 6.45) is 0.823. The lowest BCUT2D eigenvalue weighted by atomic mass is 9.85. The highest BCUT2D eigenvalue weighted by Gasteiger charge is 2.16. The van der Waals surface area contributed by atoms with E-state index in [2.05, 4.69) is 42.5 Å². The third kappa shape index (κ3) is 3.40. The minimum atomic E-state index is 0.171. The molecule has 4 rings (SSSR count). The average molecular weight is 340 g/mol. The predicted molar refractivity (Wildman–Crippen MR) is 106 cm³/mol. The van der Waals surface area contributed by atoms with Crippen molar-refractivity contribution in [3.8, 4) is 11.5 Å². The van der Waals surface area contributed by atoms with Crippen LogP contribution in [0.2, 0.25) is 0 Å². The van der Waals surface area contributed by atoms with Crippen LogP contribution in [0.1, 0.15) is 22.6 Å². The molecular formula is C24H20O2. The Balaban J connectivity index is 1.77. The summed E-state index contributed by atoms with van der Waals surface area (Å²) >= 11 is 0. The van der Waals surface area contributed by atoms with Crippen LogP contribution in [-0.4, -0.2) is 10.2 Å². The standard InChI is InChI=1S/C24H20O2/c25-22-11-5-17(6-12-22)15-24(19-9-13-23(26)14-10-19)21-8-7-18-3-1-2-4-20(18)16-21/h1-14,16,24-26H,15H2. The summed E-state index contributed by atoms with van der Waals surface area (Å²) in [4.78, 5) is 0. The van der Waals surface area contributed by atoms with E-state index in [1.54, 1.807) is 24.3 Å². The third-order valence-electron chi connectivity index (χ3n) is 4.85. The van der Waals surface area contributed by atoms with E-state index in [1.807, 2.05) is 24.3 Å². The topological polar surface area (TPSA) is 40.5 Å². The fourth-order valence-electron chi connectivity index (χ4n) is 3.43. The molecule has 0 aliphatic carbocycles. The van der Waals surface area contributed by atoms with Crippen LogP contribution < -0.4 is 0 Å². The molecule has 4 aromatic carbocycles. The van der Waals surface area contributed by atoms with Crippen LogP contribution in [0.3, 0.4) is 0 Å². The quantitative estimate of drug-likeness (QED) is 0.506. The van der Waals surface area contributed by atoms with Crippen molar-refractivity contribution in [2.45, 2.75) is 12.3 Å². The third-order valence-corrected chi connectivity index (χ3v) is 4.85. The zero-order chi connectivity index (χ0) is 17.9. The molecule has 0 aliphatic heterocycles. The number of aromatic hydroxyl groups is 2. The van der Waals surface area contributed by atoms with Crippen molar-refractivity contribution in [1.29, 1.82) is 0 Å². The molecular weight excluding hydrogens is 320 g/mol. The van der Waals surface area contributed by atoms with Crippen molar-refractivity contribution in [2.75, 3.05) is 0 Å². The number of fused-ring (bicyclic) bond motifs is 1. The van der Waals surface area contributed by atoms with Gasteiger partial charge in [0, 0.05) is 5.92 Å². The van der Waals surface area contributed by atoms with Crippen molar-refractivity contribution in [2.24, 2.45) is 0 Å². The van der Waals surface area contributed by atoms with E-state index in [0.717, 1.165) is 17.5 Å². The number of benzene rings is 4. The maximum absolute atomic E-state index is 9.64. The van der Waals surface area contributed by atoms with E-state index in [9.17, 15) is 10.2 Å². The second kappa shape index (κ2) is 6.93. The summed E-state index contributed by atoms with van der Waals surface area (Å²) in [7, 11) is 0. The van der Waals surface area contributed by atoms with Crippen molar-refractivity contribution in [1.82, 2.24) is 0 Å². The lowest BCUT2D eigenvalue weighted by molar-refractivity contribution is 0.474. The summed E-state index contributed by atoms with van der Waals surface area (Å²) in [6, 6.07) is 29.8. The Bertz CT molecular complexity index is 1020. The molecule has 2 nitrogen and oxygen atoms in total. The monoisotopic (exact) mass is 340 g/mol. The Morgan fingerprint density at radius 3 is 1.85 bits per heavy atom. The number of hydrogen-bond donors (Lipinski definition) is 2. The predicted octanol–water partition coefficient (Wildman–Crippen LogP) is 5.63. The number of hydrogen-bond acceptors (Lipinski definition) is 2. The fourth-order valence-corrected chi connectivity index (χ4v) is 3.43. The highest BCUT2D eigenvalue weighted by atomic mass is 16.3. The van der Waals surface area contributed by atoms with Crippen LogP contribution in [-0.2, 0) is 6.42 Å². The molecule has 0 fully saturated rings. The van der Waals surface area contributed by atoms with Gasteiger partial charge in [0.25, 0.3) is 0 Å². The first-order valence-corrected chi connectivity index (χ1v) is 8.74. The first-order valence-electron chi connectivity index (χ1n) is 8.74. The number of phenols is 2. The molecule has 0 heterocycles.